The lowest BCUT2D eigenvalue weighted by Gasteiger charge is -2.16. The zero-order chi connectivity index (χ0) is 12.3. The van der Waals surface area contributed by atoms with Crippen molar-refractivity contribution in [1.29, 1.82) is 0 Å². The van der Waals surface area contributed by atoms with Crippen LogP contribution < -0.4 is 5.32 Å². The number of aromatic nitrogens is 2. The second-order valence-corrected chi connectivity index (χ2v) is 5.14. The highest BCUT2D eigenvalue weighted by molar-refractivity contribution is 5.22. The van der Waals surface area contributed by atoms with E-state index in [0.29, 0.717) is 12.0 Å². The van der Waals surface area contributed by atoms with Gasteiger partial charge in [0.2, 0.25) is 0 Å². The molecule has 3 heteroatoms. The Morgan fingerprint density at radius 1 is 1.12 bits per heavy atom. The van der Waals surface area contributed by atoms with Crippen molar-refractivity contribution in [2.75, 3.05) is 13.1 Å². The van der Waals surface area contributed by atoms with E-state index >= 15 is 0 Å². The molecule has 0 amide bonds. The first-order valence-electron chi connectivity index (χ1n) is 6.16. The lowest BCUT2D eigenvalue weighted by Crippen LogP contribution is -2.27. The van der Waals surface area contributed by atoms with Crippen molar-refractivity contribution in [2.24, 2.45) is 5.92 Å². The molecule has 0 bridgehead atoms. The molecule has 3 nitrogen and oxygen atoms in total. The summed E-state index contributed by atoms with van der Waals surface area (Å²) < 4.78 is 2.14. The van der Waals surface area contributed by atoms with Crippen LogP contribution >= 0.6 is 0 Å². The fourth-order valence-corrected chi connectivity index (χ4v) is 1.84. The Morgan fingerprint density at radius 2 is 1.75 bits per heavy atom. The predicted octanol–water partition coefficient (Wildman–Crippen LogP) is 2.61. The van der Waals surface area contributed by atoms with Crippen LogP contribution in [0, 0.1) is 26.7 Å². The van der Waals surface area contributed by atoms with Crippen molar-refractivity contribution in [1.82, 2.24) is 15.1 Å². The number of hydrogen-bond acceptors (Lipinski definition) is 2. The van der Waals surface area contributed by atoms with Gasteiger partial charge in [0.05, 0.1) is 11.7 Å². The molecule has 0 saturated carbocycles. The second-order valence-electron chi connectivity index (χ2n) is 5.14. The van der Waals surface area contributed by atoms with Gasteiger partial charge in [-0.15, -0.1) is 0 Å². The summed E-state index contributed by atoms with van der Waals surface area (Å²) in [7, 11) is 0. The van der Waals surface area contributed by atoms with E-state index in [9.17, 15) is 0 Å². The lowest BCUT2D eigenvalue weighted by molar-refractivity contribution is 0.427. The molecule has 0 aliphatic carbocycles. The van der Waals surface area contributed by atoms with Crippen LogP contribution in [0.3, 0.4) is 0 Å². The van der Waals surface area contributed by atoms with Crippen LogP contribution in [-0.2, 0) is 0 Å². The molecule has 1 unspecified atom stereocenters. The molecule has 0 aliphatic rings. The smallest absolute Gasteiger partial charge is 0.0625 e. The summed E-state index contributed by atoms with van der Waals surface area (Å²) in [5.74, 6) is 0.703. The van der Waals surface area contributed by atoms with Gasteiger partial charge < -0.3 is 5.32 Å². The fraction of sp³-hybridized carbons (Fsp3) is 0.769. The molecule has 1 rings (SSSR count). The van der Waals surface area contributed by atoms with Crippen LogP contribution in [0.15, 0.2) is 0 Å². The van der Waals surface area contributed by atoms with Gasteiger partial charge in [-0.3, -0.25) is 4.68 Å². The summed E-state index contributed by atoms with van der Waals surface area (Å²) in [6.45, 7) is 15.1. The van der Waals surface area contributed by atoms with Gasteiger partial charge in [0.1, 0.15) is 0 Å². The summed E-state index contributed by atoms with van der Waals surface area (Å²) in [4.78, 5) is 0. The van der Waals surface area contributed by atoms with Crippen LogP contribution in [0.1, 0.15) is 43.8 Å². The van der Waals surface area contributed by atoms with E-state index in [1.807, 2.05) is 0 Å². The van der Waals surface area contributed by atoms with E-state index in [4.69, 9.17) is 0 Å². The van der Waals surface area contributed by atoms with Crippen LogP contribution in [0.5, 0.6) is 0 Å². The van der Waals surface area contributed by atoms with Crippen molar-refractivity contribution < 1.29 is 0 Å². The Kier molecular flexibility index (Phi) is 4.54. The molecule has 1 heterocycles. The second kappa shape index (κ2) is 5.48. The average molecular weight is 223 g/mol. The average Bonchev–Trinajstić information content (AvgIpc) is 2.45. The van der Waals surface area contributed by atoms with Gasteiger partial charge in [0.25, 0.3) is 0 Å². The molecule has 16 heavy (non-hydrogen) atoms. The van der Waals surface area contributed by atoms with Crippen molar-refractivity contribution in [3.8, 4) is 0 Å². The molecule has 0 aliphatic heterocycles. The first-order valence-corrected chi connectivity index (χ1v) is 6.16. The minimum Gasteiger partial charge on any atom is -0.314 e. The van der Waals surface area contributed by atoms with Gasteiger partial charge in [-0.2, -0.15) is 5.10 Å². The van der Waals surface area contributed by atoms with Crippen molar-refractivity contribution >= 4 is 0 Å². The normalized spacial score (nSPS) is 13.4. The van der Waals surface area contributed by atoms with Gasteiger partial charge in [0.15, 0.2) is 0 Å². The maximum Gasteiger partial charge on any atom is 0.0625 e. The Bertz CT molecular complexity index is 339. The van der Waals surface area contributed by atoms with Crippen LogP contribution in [0.4, 0.5) is 0 Å². The summed E-state index contributed by atoms with van der Waals surface area (Å²) in [5.41, 5.74) is 3.75. The molecule has 1 aromatic rings. The number of hydrogen-bond donors (Lipinski definition) is 1. The third kappa shape index (κ3) is 3.08. The molecule has 1 atom stereocenters. The molecular weight excluding hydrogens is 198 g/mol. The number of aryl methyl sites for hydroxylation is 1. The van der Waals surface area contributed by atoms with Crippen molar-refractivity contribution in [3.05, 3.63) is 17.0 Å². The molecule has 1 aromatic heterocycles. The Labute approximate surface area is 99.2 Å². The van der Waals surface area contributed by atoms with Crippen LogP contribution in [0.2, 0.25) is 0 Å². The zero-order valence-corrected chi connectivity index (χ0v) is 11.5. The molecule has 92 valence electrons. The first-order chi connectivity index (χ1) is 7.43. The molecule has 1 N–H and O–H groups in total. The Balaban J connectivity index is 2.59. The molecule has 0 saturated heterocycles. The van der Waals surface area contributed by atoms with Gasteiger partial charge in [-0.05, 0) is 45.7 Å². The SMILES string of the molecule is Cc1nn(C(C)CNCC(C)C)c(C)c1C. The predicted molar refractivity (Wildman–Crippen MR) is 68.9 cm³/mol. The first kappa shape index (κ1) is 13.2. The molecule has 0 aromatic carbocycles. The van der Waals surface area contributed by atoms with E-state index in [-0.39, 0.29) is 0 Å². The maximum absolute atomic E-state index is 4.58. The van der Waals surface area contributed by atoms with Crippen LogP contribution in [0.25, 0.3) is 0 Å². The van der Waals surface area contributed by atoms with E-state index < -0.39 is 0 Å². The molecular formula is C13H25N3. The highest BCUT2D eigenvalue weighted by Crippen LogP contribution is 2.15. The number of nitrogens with zero attached hydrogens (tertiary/aromatic N) is 2. The standard InChI is InChI=1S/C13H25N3/c1-9(2)7-14-8-10(3)16-13(6)11(4)12(5)15-16/h9-10,14H,7-8H2,1-6H3. The number of nitrogens with one attached hydrogen (secondary N) is 1. The highest BCUT2D eigenvalue weighted by Gasteiger charge is 2.12. The lowest BCUT2D eigenvalue weighted by atomic mass is 10.2. The third-order valence-electron chi connectivity index (χ3n) is 3.10. The van der Waals surface area contributed by atoms with Crippen LogP contribution in [-0.4, -0.2) is 22.9 Å². The van der Waals surface area contributed by atoms with Crippen molar-refractivity contribution in [3.63, 3.8) is 0 Å². The summed E-state index contributed by atoms with van der Waals surface area (Å²) >= 11 is 0. The van der Waals surface area contributed by atoms with E-state index in [0.717, 1.165) is 18.8 Å². The van der Waals surface area contributed by atoms with E-state index in [1.165, 1.54) is 11.3 Å². The molecule has 0 fully saturated rings. The third-order valence-corrected chi connectivity index (χ3v) is 3.10. The molecule has 0 radical (unpaired) electrons. The largest absolute Gasteiger partial charge is 0.314 e. The van der Waals surface area contributed by atoms with Gasteiger partial charge in [-0.25, -0.2) is 0 Å². The monoisotopic (exact) mass is 223 g/mol. The minimum atomic E-state index is 0.422. The zero-order valence-electron chi connectivity index (χ0n) is 11.5. The van der Waals surface area contributed by atoms with Gasteiger partial charge in [0, 0.05) is 12.2 Å². The maximum atomic E-state index is 4.58. The van der Waals surface area contributed by atoms with Crippen molar-refractivity contribution in [2.45, 2.75) is 47.6 Å². The van der Waals surface area contributed by atoms with Gasteiger partial charge in [-0.1, -0.05) is 13.8 Å². The van der Waals surface area contributed by atoms with E-state index in [1.54, 1.807) is 0 Å². The topological polar surface area (TPSA) is 29.9 Å². The Morgan fingerprint density at radius 3 is 2.19 bits per heavy atom. The fourth-order valence-electron chi connectivity index (χ4n) is 1.84. The summed E-state index contributed by atoms with van der Waals surface area (Å²) in [6.07, 6.45) is 0. The summed E-state index contributed by atoms with van der Waals surface area (Å²) in [5, 5.41) is 8.06. The number of rotatable bonds is 5. The van der Waals surface area contributed by atoms with Gasteiger partial charge >= 0.3 is 0 Å². The molecule has 0 spiro atoms. The van der Waals surface area contributed by atoms with E-state index in [2.05, 4.69) is 56.6 Å². The summed E-state index contributed by atoms with van der Waals surface area (Å²) in [6, 6.07) is 0.422. The highest BCUT2D eigenvalue weighted by atomic mass is 15.3. The Hall–Kier alpha value is -0.830. The minimum absolute atomic E-state index is 0.422. The quantitative estimate of drug-likeness (QED) is 0.831.